The fourth-order valence-electron chi connectivity index (χ4n) is 7.25. The van der Waals surface area contributed by atoms with Crippen LogP contribution in [0, 0.1) is 0 Å². The van der Waals surface area contributed by atoms with Crippen LogP contribution >= 0.6 is 0 Å². The Kier molecular flexibility index (Phi) is 9.86. The fourth-order valence-corrected chi connectivity index (χ4v) is 7.25. The lowest BCUT2D eigenvalue weighted by Gasteiger charge is -2.41. The number of carbonyl (C=O) groups is 5. The molecule has 5 amide bonds. The lowest BCUT2D eigenvalue weighted by Crippen LogP contribution is -2.54. The van der Waals surface area contributed by atoms with Crippen molar-refractivity contribution in [2.75, 3.05) is 23.7 Å². The molecule has 2 aliphatic rings. The van der Waals surface area contributed by atoms with Gasteiger partial charge in [-0.05, 0) is 94.0 Å². The van der Waals surface area contributed by atoms with Crippen molar-refractivity contribution < 1.29 is 29.1 Å². The molecule has 4 aromatic rings. The molecule has 1 aromatic heterocycles. The number of nitrogens with one attached hydrogen (secondary N) is 3. The van der Waals surface area contributed by atoms with Gasteiger partial charge in [0.1, 0.15) is 18.1 Å². The van der Waals surface area contributed by atoms with Crippen LogP contribution in [-0.4, -0.2) is 85.2 Å². The van der Waals surface area contributed by atoms with Gasteiger partial charge in [0.05, 0.1) is 0 Å². The number of H-pyrrole nitrogens is 1. The van der Waals surface area contributed by atoms with Crippen LogP contribution in [0.5, 0.6) is 0 Å². The average Bonchev–Trinajstić information content (AvgIpc) is 3.87. The van der Waals surface area contributed by atoms with Crippen LogP contribution in [0.3, 0.4) is 0 Å². The first-order valence-electron chi connectivity index (χ1n) is 17.3. The highest BCUT2D eigenvalue weighted by atomic mass is 16.4. The number of carboxylic acid groups (broad SMARTS) is 1. The van der Waals surface area contributed by atoms with E-state index in [1.54, 1.807) is 62.1 Å². The zero-order chi connectivity index (χ0) is 36.4. The number of fused-ring (bicyclic) bond motifs is 1. The van der Waals surface area contributed by atoms with Gasteiger partial charge >= 0.3 is 6.09 Å². The number of nitrogens with zero attached hydrogens (tertiary/aromatic N) is 3. The van der Waals surface area contributed by atoms with Crippen LogP contribution in [0.1, 0.15) is 65.0 Å². The quantitative estimate of drug-likeness (QED) is 0.172. The first-order chi connectivity index (χ1) is 24.3. The second kappa shape index (κ2) is 14.3. The number of rotatable bonds is 8. The Bertz CT molecular complexity index is 1950. The molecule has 4 N–H and O–H groups in total. The van der Waals surface area contributed by atoms with E-state index in [0.29, 0.717) is 49.3 Å². The summed E-state index contributed by atoms with van der Waals surface area (Å²) < 4.78 is 0. The van der Waals surface area contributed by atoms with Crippen LogP contribution < -0.4 is 10.6 Å². The van der Waals surface area contributed by atoms with E-state index in [1.165, 1.54) is 11.8 Å². The Morgan fingerprint density at radius 1 is 0.804 bits per heavy atom. The van der Waals surface area contributed by atoms with E-state index >= 15 is 0 Å². The van der Waals surface area contributed by atoms with E-state index in [0.717, 1.165) is 33.5 Å². The molecule has 0 saturated carbocycles. The van der Waals surface area contributed by atoms with Crippen molar-refractivity contribution >= 4 is 52.0 Å². The molecule has 51 heavy (non-hydrogen) atoms. The maximum absolute atomic E-state index is 14.2. The molecule has 3 aromatic carbocycles. The molecule has 0 radical (unpaired) electrons. The third kappa shape index (κ3) is 7.45. The first-order valence-corrected chi connectivity index (χ1v) is 17.3. The summed E-state index contributed by atoms with van der Waals surface area (Å²) in [5, 5.41) is 17.0. The van der Waals surface area contributed by atoms with Gasteiger partial charge in [0.2, 0.25) is 17.7 Å². The molecule has 0 aliphatic carbocycles. The molecule has 266 valence electrons. The average molecular weight is 693 g/mol. The molecule has 0 unspecified atom stereocenters. The lowest BCUT2D eigenvalue weighted by molar-refractivity contribution is -0.142. The van der Waals surface area contributed by atoms with Gasteiger partial charge in [-0.15, -0.1) is 0 Å². The second-order valence-corrected chi connectivity index (χ2v) is 14.2. The monoisotopic (exact) mass is 692 g/mol. The number of aromatic nitrogens is 1. The number of aromatic amines is 1. The molecule has 6 rings (SSSR count). The third-order valence-electron chi connectivity index (χ3n) is 9.69. The van der Waals surface area contributed by atoms with Crippen LogP contribution in [0.25, 0.3) is 22.2 Å². The van der Waals surface area contributed by atoms with Crippen molar-refractivity contribution in [2.45, 2.75) is 77.0 Å². The summed E-state index contributed by atoms with van der Waals surface area (Å²) in [7, 11) is 0. The lowest BCUT2D eigenvalue weighted by atomic mass is 9.97. The highest BCUT2D eigenvalue weighted by Gasteiger charge is 2.44. The maximum Gasteiger partial charge on any atom is 0.408 e. The predicted octanol–water partition coefficient (Wildman–Crippen LogP) is 6.23. The predicted molar refractivity (Wildman–Crippen MR) is 195 cm³/mol. The van der Waals surface area contributed by atoms with Crippen LogP contribution in [0.4, 0.5) is 16.2 Å². The molecule has 2 saturated heterocycles. The van der Waals surface area contributed by atoms with Gasteiger partial charge in [0.25, 0.3) is 5.91 Å². The van der Waals surface area contributed by atoms with Gasteiger partial charge in [-0.3, -0.25) is 24.1 Å². The highest BCUT2D eigenvalue weighted by molar-refractivity contribution is 6.00. The molecule has 12 nitrogen and oxygen atoms in total. The Morgan fingerprint density at radius 3 is 2.00 bits per heavy atom. The second-order valence-electron chi connectivity index (χ2n) is 14.2. The molecule has 12 heteroatoms. The Balaban J connectivity index is 1.14. The summed E-state index contributed by atoms with van der Waals surface area (Å²) in [6, 6.07) is 21.5. The topological polar surface area (TPSA) is 155 Å². The maximum atomic E-state index is 14.2. The van der Waals surface area contributed by atoms with Gasteiger partial charge in [0.15, 0.2) is 0 Å². The fraction of sp³-hybridized carbons (Fsp3) is 0.359. The summed E-state index contributed by atoms with van der Waals surface area (Å²) in [6.45, 7) is 7.67. The van der Waals surface area contributed by atoms with E-state index in [1.807, 2.05) is 42.5 Å². The molecule has 3 atom stereocenters. The molecule has 0 spiro atoms. The molecule has 0 bridgehead atoms. The molecular weight excluding hydrogens is 648 g/mol. The zero-order valence-electron chi connectivity index (χ0n) is 29.3. The number of likely N-dealkylation sites (tertiary alicyclic amines) is 2. The summed E-state index contributed by atoms with van der Waals surface area (Å²) in [5.74, 6) is -1.05. The Labute approximate surface area is 296 Å². The van der Waals surface area contributed by atoms with E-state index in [9.17, 15) is 29.1 Å². The summed E-state index contributed by atoms with van der Waals surface area (Å²) >= 11 is 0. The number of anilines is 2. The van der Waals surface area contributed by atoms with Gasteiger partial charge in [0, 0.05) is 53.5 Å². The minimum absolute atomic E-state index is 0.0998. The smallest absolute Gasteiger partial charge is 0.408 e. The normalized spacial score (nSPS) is 18.0. The minimum atomic E-state index is -1.21. The van der Waals surface area contributed by atoms with E-state index in [2.05, 4.69) is 15.6 Å². The molecule has 2 fully saturated rings. The van der Waals surface area contributed by atoms with Crippen molar-refractivity contribution in [1.82, 2.24) is 19.7 Å². The summed E-state index contributed by atoms with van der Waals surface area (Å²) in [4.78, 5) is 72.8. The van der Waals surface area contributed by atoms with Crippen LogP contribution in [0.2, 0.25) is 0 Å². The van der Waals surface area contributed by atoms with Gasteiger partial charge in [-0.1, -0.05) is 42.5 Å². The van der Waals surface area contributed by atoms with Crippen molar-refractivity contribution in [3.8, 4) is 11.3 Å². The highest BCUT2D eigenvalue weighted by Crippen LogP contribution is 2.34. The van der Waals surface area contributed by atoms with Crippen molar-refractivity contribution in [1.29, 1.82) is 0 Å². The largest absolute Gasteiger partial charge is 0.465 e. The van der Waals surface area contributed by atoms with Gasteiger partial charge in [-0.2, -0.15) is 0 Å². The van der Waals surface area contributed by atoms with Gasteiger partial charge in [-0.25, -0.2) is 4.79 Å². The number of amides is 5. The number of carbonyl (C=O) groups excluding carboxylic acids is 4. The number of benzene rings is 3. The van der Waals surface area contributed by atoms with E-state index in [-0.39, 0.29) is 17.7 Å². The van der Waals surface area contributed by atoms with Crippen LogP contribution in [0.15, 0.2) is 78.9 Å². The summed E-state index contributed by atoms with van der Waals surface area (Å²) in [6.07, 6.45) is 1.32. The Morgan fingerprint density at radius 2 is 1.39 bits per heavy atom. The van der Waals surface area contributed by atoms with Gasteiger partial charge < -0.3 is 30.5 Å². The zero-order valence-corrected chi connectivity index (χ0v) is 29.3. The first kappa shape index (κ1) is 35.2. The molecule has 3 heterocycles. The third-order valence-corrected chi connectivity index (χ3v) is 9.69. The molecular formula is C39H44N6O6. The Hall–Kier alpha value is -5.65. The SMILES string of the molecule is CC(=O)N1CCC[C@H]1C(=O)Nc1ccc2[nH]c(-c3ccc(NC(=O)[C@@H]4CCCN4C(=O)[C@@H](c4ccccc4)N(C(=O)O)C(C)(C)C)cc3)cc2c1. The standard InChI is InChI=1S/C39H44N6O6/c1-24(46)43-20-8-12-32(43)35(47)41-29-18-19-30-27(22-29)23-31(42-30)25-14-16-28(17-15-25)40-36(48)33-13-9-21-44(33)37(49)34(26-10-6-5-7-11-26)45(38(50)51)39(2,3)4/h5-7,10-11,14-19,22-23,32-34,42H,8-9,12-13,20-21H2,1-4H3,(H,40,48)(H,41,47)(H,50,51)/t32-,33-,34+/m0/s1. The van der Waals surface area contributed by atoms with Crippen molar-refractivity contribution in [2.24, 2.45) is 0 Å². The van der Waals surface area contributed by atoms with E-state index in [4.69, 9.17) is 0 Å². The number of hydrogen-bond acceptors (Lipinski definition) is 5. The van der Waals surface area contributed by atoms with Crippen molar-refractivity contribution in [3.05, 3.63) is 84.4 Å². The summed E-state index contributed by atoms with van der Waals surface area (Å²) in [5.41, 5.74) is 3.51. The van der Waals surface area contributed by atoms with E-state index < -0.39 is 35.7 Å². The van der Waals surface area contributed by atoms with Crippen LogP contribution in [-0.2, 0) is 19.2 Å². The van der Waals surface area contributed by atoms with Crippen molar-refractivity contribution in [3.63, 3.8) is 0 Å². The minimum Gasteiger partial charge on any atom is -0.465 e. The molecule has 2 aliphatic heterocycles. The number of hydrogen-bond donors (Lipinski definition) is 4.